The molecule has 0 aromatic carbocycles. The van der Waals surface area contributed by atoms with Crippen LogP contribution in [0.25, 0.3) is 0 Å². The molecule has 0 aliphatic carbocycles. The molecule has 0 unspecified atom stereocenters. The van der Waals surface area contributed by atoms with Gasteiger partial charge in [0.2, 0.25) is 6.54 Å². The number of hydrogen-bond acceptors (Lipinski definition) is 4. The lowest BCUT2D eigenvalue weighted by Crippen LogP contribution is -2.23. The molecule has 0 amide bonds. The van der Waals surface area contributed by atoms with Crippen LogP contribution in [-0.4, -0.2) is 11.5 Å². The molecule has 0 aliphatic rings. The summed E-state index contributed by atoms with van der Waals surface area (Å²) in [6.45, 7) is 5.72. The fraction of sp³-hybridized carbons (Fsp3) is 0.467. The first kappa shape index (κ1) is 14.4. The lowest BCUT2D eigenvalue weighted by molar-refractivity contribution is -0.480. The van der Waals surface area contributed by atoms with Crippen LogP contribution in [0.4, 0.5) is 0 Å². The quantitative estimate of drug-likeness (QED) is 0.594. The lowest BCUT2D eigenvalue weighted by Gasteiger charge is -2.24. The van der Waals surface area contributed by atoms with Crippen LogP contribution in [0.1, 0.15) is 42.8 Å². The van der Waals surface area contributed by atoms with Gasteiger partial charge < -0.3 is 8.83 Å². The fourth-order valence-electron chi connectivity index (χ4n) is 2.39. The molecule has 0 radical (unpaired) electrons. The summed E-state index contributed by atoms with van der Waals surface area (Å²) in [5.41, 5.74) is -0.474. The second-order valence-electron chi connectivity index (χ2n) is 5.31. The van der Waals surface area contributed by atoms with Gasteiger partial charge in [-0.1, -0.05) is 0 Å². The second-order valence-corrected chi connectivity index (χ2v) is 5.31. The summed E-state index contributed by atoms with van der Waals surface area (Å²) in [4.78, 5) is 10.2. The summed E-state index contributed by atoms with van der Waals surface area (Å²) in [5.74, 6) is 3.22. The molecule has 0 saturated carbocycles. The van der Waals surface area contributed by atoms with Crippen molar-refractivity contribution < 1.29 is 13.8 Å². The van der Waals surface area contributed by atoms with E-state index in [9.17, 15) is 10.1 Å². The minimum atomic E-state index is -0.474. The first-order valence-corrected chi connectivity index (χ1v) is 6.67. The molecule has 0 fully saturated rings. The second kappa shape index (κ2) is 5.53. The molecule has 20 heavy (non-hydrogen) atoms. The summed E-state index contributed by atoms with van der Waals surface area (Å²) in [7, 11) is 0. The van der Waals surface area contributed by atoms with Crippen LogP contribution >= 0.6 is 0 Å². The Balaban J connectivity index is 2.30. The van der Waals surface area contributed by atoms with Gasteiger partial charge in [-0.3, -0.25) is 10.1 Å². The minimum Gasteiger partial charge on any atom is -0.465 e. The van der Waals surface area contributed by atoms with Crippen LogP contribution in [-0.2, 0) is 5.41 Å². The molecule has 0 bridgehead atoms. The first-order chi connectivity index (χ1) is 9.41. The Morgan fingerprint density at radius 2 is 1.60 bits per heavy atom. The Morgan fingerprint density at radius 1 is 1.10 bits per heavy atom. The van der Waals surface area contributed by atoms with E-state index in [1.165, 1.54) is 0 Å². The highest BCUT2D eigenvalue weighted by atomic mass is 16.6. The maximum Gasteiger partial charge on any atom is 0.203 e. The van der Waals surface area contributed by atoms with E-state index >= 15 is 0 Å². The summed E-state index contributed by atoms with van der Waals surface area (Å²) in [6.07, 6.45) is 1.08. The average Bonchev–Trinajstić information content (AvgIpc) is 2.98. The maximum absolute atomic E-state index is 10.5. The fourth-order valence-corrected chi connectivity index (χ4v) is 2.39. The normalized spacial score (nSPS) is 11.8. The van der Waals surface area contributed by atoms with Crippen molar-refractivity contribution >= 4 is 0 Å². The predicted molar refractivity (Wildman–Crippen MR) is 74.4 cm³/mol. The van der Waals surface area contributed by atoms with E-state index in [0.717, 1.165) is 23.0 Å². The molecule has 5 nitrogen and oxygen atoms in total. The Labute approximate surface area is 117 Å². The zero-order valence-corrected chi connectivity index (χ0v) is 12.0. The molecule has 0 N–H and O–H groups in total. The highest BCUT2D eigenvalue weighted by Gasteiger charge is 2.35. The van der Waals surface area contributed by atoms with Crippen molar-refractivity contribution in [1.29, 1.82) is 0 Å². The van der Waals surface area contributed by atoms with Gasteiger partial charge in [-0.2, -0.15) is 0 Å². The number of hydrogen-bond donors (Lipinski definition) is 0. The molecule has 2 aromatic rings. The number of aryl methyl sites for hydroxylation is 2. The molecule has 108 valence electrons. The van der Waals surface area contributed by atoms with E-state index in [-0.39, 0.29) is 11.5 Å². The summed E-state index contributed by atoms with van der Waals surface area (Å²) >= 11 is 0. The van der Waals surface area contributed by atoms with E-state index in [1.54, 1.807) is 0 Å². The Bertz CT molecular complexity index is 556. The van der Waals surface area contributed by atoms with Crippen LogP contribution in [0, 0.1) is 24.0 Å². The zero-order chi connectivity index (χ0) is 14.8. The molecule has 2 heterocycles. The standard InChI is InChI=1S/C15H19NO4/c1-11-5-7-13(19-11)15(3,9-4-10-16(17)18)14-8-6-12(2)20-14/h5-8H,4,9-10H2,1-3H3. The van der Waals surface area contributed by atoms with Crippen molar-refractivity contribution in [2.75, 3.05) is 6.54 Å². The molecular weight excluding hydrogens is 258 g/mol. The van der Waals surface area contributed by atoms with E-state index < -0.39 is 5.41 Å². The van der Waals surface area contributed by atoms with Crippen LogP contribution in [0.3, 0.4) is 0 Å². The van der Waals surface area contributed by atoms with Crippen LogP contribution in [0.15, 0.2) is 33.1 Å². The maximum atomic E-state index is 10.5. The van der Waals surface area contributed by atoms with Crippen molar-refractivity contribution in [1.82, 2.24) is 0 Å². The lowest BCUT2D eigenvalue weighted by atomic mass is 9.80. The van der Waals surface area contributed by atoms with E-state index in [1.807, 2.05) is 45.0 Å². The number of nitrogens with zero attached hydrogens (tertiary/aromatic N) is 1. The van der Waals surface area contributed by atoms with Crippen LogP contribution in [0.2, 0.25) is 0 Å². The third-order valence-electron chi connectivity index (χ3n) is 3.59. The van der Waals surface area contributed by atoms with Crippen molar-refractivity contribution in [3.63, 3.8) is 0 Å². The van der Waals surface area contributed by atoms with Crippen molar-refractivity contribution in [2.45, 2.75) is 39.0 Å². The zero-order valence-electron chi connectivity index (χ0n) is 12.0. The SMILES string of the molecule is Cc1ccc(C(C)(CCC[N+](=O)[O-])c2ccc(C)o2)o1. The largest absolute Gasteiger partial charge is 0.465 e. The Hall–Kier alpha value is -2.04. The van der Waals surface area contributed by atoms with Gasteiger partial charge in [-0.05, 0) is 51.5 Å². The average molecular weight is 277 g/mol. The highest BCUT2D eigenvalue weighted by Crippen LogP contribution is 2.38. The van der Waals surface area contributed by atoms with Crippen molar-refractivity contribution in [2.24, 2.45) is 0 Å². The smallest absolute Gasteiger partial charge is 0.203 e. The molecule has 0 spiro atoms. The third kappa shape index (κ3) is 2.92. The number of rotatable bonds is 6. The topological polar surface area (TPSA) is 69.4 Å². The monoisotopic (exact) mass is 277 g/mol. The first-order valence-electron chi connectivity index (χ1n) is 6.67. The molecule has 2 aromatic heterocycles. The molecule has 0 aliphatic heterocycles. The van der Waals surface area contributed by atoms with Gasteiger partial charge in [0.15, 0.2) is 0 Å². The van der Waals surface area contributed by atoms with Gasteiger partial charge in [0.1, 0.15) is 23.0 Å². The number of furan rings is 2. The van der Waals surface area contributed by atoms with E-state index in [4.69, 9.17) is 8.83 Å². The number of nitro groups is 1. The van der Waals surface area contributed by atoms with Gasteiger partial charge in [0.25, 0.3) is 0 Å². The van der Waals surface area contributed by atoms with E-state index in [2.05, 4.69) is 0 Å². The van der Waals surface area contributed by atoms with Crippen molar-refractivity contribution in [3.8, 4) is 0 Å². The molecule has 0 atom stereocenters. The summed E-state index contributed by atoms with van der Waals surface area (Å²) in [6, 6.07) is 7.63. The van der Waals surface area contributed by atoms with Gasteiger partial charge in [0, 0.05) is 11.3 Å². The third-order valence-corrected chi connectivity index (χ3v) is 3.59. The molecule has 2 rings (SSSR count). The van der Waals surface area contributed by atoms with E-state index in [0.29, 0.717) is 12.8 Å². The van der Waals surface area contributed by atoms with Crippen LogP contribution < -0.4 is 0 Å². The van der Waals surface area contributed by atoms with Gasteiger partial charge in [-0.15, -0.1) is 0 Å². The minimum absolute atomic E-state index is 0.0467. The summed E-state index contributed by atoms with van der Waals surface area (Å²) < 4.78 is 11.5. The molecule has 0 saturated heterocycles. The predicted octanol–water partition coefficient (Wildman–Crippen LogP) is 3.85. The Kier molecular flexibility index (Phi) is 3.97. The van der Waals surface area contributed by atoms with Gasteiger partial charge >= 0.3 is 0 Å². The summed E-state index contributed by atoms with van der Waals surface area (Å²) in [5, 5.41) is 10.5. The molecule has 5 heteroatoms. The van der Waals surface area contributed by atoms with Gasteiger partial charge in [0.05, 0.1) is 5.41 Å². The van der Waals surface area contributed by atoms with Crippen molar-refractivity contribution in [3.05, 3.63) is 57.4 Å². The molecular formula is C15H19NO4. The van der Waals surface area contributed by atoms with Gasteiger partial charge in [-0.25, -0.2) is 0 Å². The van der Waals surface area contributed by atoms with Crippen LogP contribution in [0.5, 0.6) is 0 Å². The Morgan fingerprint density at radius 3 is 1.95 bits per heavy atom. The highest BCUT2D eigenvalue weighted by molar-refractivity contribution is 5.28.